The number of hydrogen-bond donors (Lipinski definition) is 0. The van der Waals surface area contributed by atoms with Gasteiger partial charge in [-0.25, -0.2) is 35.1 Å². The standard InChI is InChI=1S/C22H8BF9O2/c24-11-5-4-9(8-14(11)27)33-23(34-15-7-6-13(26)18(28)19(15)29)17-10-2-1-3-12(25)16(10)20(30)22(32)21(17)31/h1-8H. The van der Waals surface area contributed by atoms with Crippen molar-refractivity contribution in [1.29, 1.82) is 0 Å². The van der Waals surface area contributed by atoms with Crippen molar-refractivity contribution in [3.05, 3.63) is 101 Å². The van der Waals surface area contributed by atoms with Crippen molar-refractivity contribution in [3.8, 4) is 11.5 Å². The van der Waals surface area contributed by atoms with Gasteiger partial charge in [-0.2, -0.15) is 4.39 Å². The van der Waals surface area contributed by atoms with Crippen LogP contribution >= 0.6 is 0 Å². The van der Waals surface area contributed by atoms with E-state index in [4.69, 9.17) is 9.31 Å². The molecule has 0 saturated heterocycles. The summed E-state index contributed by atoms with van der Waals surface area (Å²) in [4.78, 5) is 0. The first-order chi connectivity index (χ1) is 16.1. The van der Waals surface area contributed by atoms with Crippen molar-refractivity contribution >= 4 is 23.4 Å². The maximum atomic E-state index is 14.9. The average molecular weight is 486 g/mol. The summed E-state index contributed by atoms with van der Waals surface area (Å²) in [6.07, 6.45) is 0. The first-order valence-corrected chi connectivity index (χ1v) is 9.26. The van der Waals surface area contributed by atoms with E-state index in [1.54, 1.807) is 0 Å². The van der Waals surface area contributed by atoms with Gasteiger partial charge in [-0.1, -0.05) is 12.1 Å². The molecule has 0 spiro atoms. The molecule has 0 fully saturated rings. The first kappa shape index (κ1) is 23.3. The fraction of sp³-hybridized carbons (Fsp3) is 0. The van der Waals surface area contributed by atoms with Gasteiger partial charge in [-0.05, 0) is 35.7 Å². The Labute approximate surface area is 185 Å². The summed E-state index contributed by atoms with van der Waals surface area (Å²) in [6, 6.07) is 5.62. The zero-order chi connectivity index (χ0) is 24.7. The minimum atomic E-state index is -2.34. The highest BCUT2D eigenvalue weighted by atomic mass is 19.2. The maximum absolute atomic E-state index is 14.9. The van der Waals surface area contributed by atoms with Crippen LogP contribution in [0.2, 0.25) is 0 Å². The maximum Gasteiger partial charge on any atom is 0.636 e. The van der Waals surface area contributed by atoms with E-state index in [0.29, 0.717) is 24.3 Å². The van der Waals surface area contributed by atoms with Gasteiger partial charge in [0.2, 0.25) is 5.82 Å². The zero-order valence-electron chi connectivity index (χ0n) is 16.4. The topological polar surface area (TPSA) is 18.5 Å². The van der Waals surface area contributed by atoms with E-state index in [1.807, 2.05) is 0 Å². The summed E-state index contributed by atoms with van der Waals surface area (Å²) < 4.78 is 136. The number of halogens is 9. The molecule has 0 radical (unpaired) electrons. The van der Waals surface area contributed by atoms with E-state index in [0.717, 1.165) is 24.3 Å². The summed E-state index contributed by atoms with van der Waals surface area (Å²) in [5, 5.41) is -1.66. The van der Waals surface area contributed by atoms with Crippen molar-refractivity contribution in [2.75, 3.05) is 0 Å². The number of benzene rings is 4. The van der Waals surface area contributed by atoms with Gasteiger partial charge in [0.25, 0.3) is 0 Å². The van der Waals surface area contributed by atoms with Gasteiger partial charge in [0, 0.05) is 6.07 Å². The predicted molar refractivity (Wildman–Crippen MR) is 103 cm³/mol. The molecule has 2 nitrogen and oxygen atoms in total. The Morgan fingerprint density at radius 3 is 1.94 bits per heavy atom. The van der Waals surface area contributed by atoms with Gasteiger partial charge in [0.1, 0.15) is 17.3 Å². The Balaban J connectivity index is 1.95. The van der Waals surface area contributed by atoms with Crippen LogP contribution < -0.4 is 14.8 Å². The molecule has 0 aliphatic rings. The van der Waals surface area contributed by atoms with Crippen molar-refractivity contribution in [1.82, 2.24) is 0 Å². The molecule has 0 atom stereocenters. The molecule has 0 amide bonds. The summed E-state index contributed by atoms with van der Waals surface area (Å²) in [5.74, 6) is -17.1. The molecule has 0 aliphatic heterocycles. The molecule has 0 saturated carbocycles. The number of fused-ring (bicyclic) bond motifs is 1. The van der Waals surface area contributed by atoms with E-state index in [9.17, 15) is 39.5 Å². The Bertz CT molecular complexity index is 1430. The Hall–Kier alpha value is -3.83. The minimum absolute atomic E-state index is 0.446. The summed E-state index contributed by atoms with van der Waals surface area (Å²) in [5.41, 5.74) is -1.03. The second-order valence-corrected chi connectivity index (χ2v) is 6.84. The third kappa shape index (κ3) is 3.99. The largest absolute Gasteiger partial charge is 0.636 e. The molecule has 4 rings (SSSR count). The molecule has 4 aromatic carbocycles. The second kappa shape index (κ2) is 8.84. The van der Waals surface area contributed by atoms with E-state index in [-0.39, 0.29) is 0 Å². The van der Waals surface area contributed by atoms with Crippen molar-refractivity contribution in [3.63, 3.8) is 0 Å². The number of hydrogen-bond acceptors (Lipinski definition) is 2. The van der Waals surface area contributed by atoms with E-state index < -0.39 is 87.2 Å². The van der Waals surface area contributed by atoms with Gasteiger partial charge < -0.3 is 9.31 Å². The molecule has 0 N–H and O–H groups in total. The average Bonchev–Trinajstić information content (AvgIpc) is 2.80. The lowest BCUT2D eigenvalue weighted by Gasteiger charge is -2.20. The van der Waals surface area contributed by atoms with E-state index in [1.165, 1.54) is 0 Å². The summed E-state index contributed by atoms with van der Waals surface area (Å²) >= 11 is 0. The van der Waals surface area contributed by atoms with Gasteiger partial charge in [0.15, 0.2) is 40.7 Å². The Morgan fingerprint density at radius 1 is 0.529 bits per heavy atom. The molecule has 0 aromatic heterocycles. The van der Waals surface area contributed by atoms with Crippen molar-refractivity contribution in [2.45, 2.75) is 0 Å². The first-order valence-electron chi connectivity index (χ1n) is 9.26. The lowest BCUT2D eigenvalue weighted by Crippen LogP contribution is -2.46. The monoisotopic (exact) mass is 486 g/mol. The molecule has 0 unspecified atom stereocenters. The van der Waals surface area contributed by atoms with Crippen LogP contribution in [0.1, 0.15) is 0 Å². The van der Waals surface area contributed by atoms with Crippen LogP contribution in [-0.2, 0) is 0 Å². The van der Waals surface area contributed by atoms with Crippen LogP contribution in [0.15, 0.2) is 48.5 Å². The Morgan fingerprint density at radius 2 is 1.24 bits per heavy atom. The van der Waals surface area contributed by atoms with Crippen LogP contribution in [0.25, 0.3) is 10.8 Å². The Kier molecular flexibility index (Phi) is 6.07. The molecular weight excluding hydrogens is 478 g/mol. The van der Waals surface area contributed by atoms with E-state index >= 15 is 0 Å². The van der Waals surface area contributed by atoms with Crippen LogP contribution in [0, 0.1) is 52.4 Å². The molecule has 0 aliphatic carbocycles. The van der Waals surface area contributed by atoms with Crippen molar-refractivity contribution < 1.29 is 48.8 Å². The lowest BCUT2D eigenvalue weighted by atomic mass is 9.74. The highest BCUT2D eigenvalue weighted by Crippen LogP contribution is 2.28. The predicted octanol–water partition coefficient (Wildman–Crippen LogP) is 5.94. The molecule has 34 heavy (non-hydrogen) atoms. The van der Waals surface area contributed by atoms with Crippen LogP contribution in [-0.4, -0.2) is 7.12 Å². The van der Waals surface area contributed by atoms with Crippen LogP contribution in [0.4, 0.5) is 39.5 Å². The van der Waals surface area contributed by atoms with E-state index in [2.05, 4.69) is 0 Å². The van der Waals surface area contributed by atoms with Gasteiger partial charge in [0.05, 0.1) is 10.8 Å². The highest BCUT2D eigenvalue weighted by molar-refractivity contribution is 6.65. The highest BCUT2D eigenvalue weighted by Gasteiger charge is 2.37. The normalized spacial score (nSPS) is 11.1. The smallest absolute Gasteiger partial charge is 0.522 e. The van der Waals surface area contributed by atoms with Crippen molar-refractivity contribution in [2.24, 2.45) is 0 Å². The summed E-state index contributed by atoms with van der Waals surface area (Å²) in [6.45, 7) is 0. The van der Waals surface area contributed by atoms with Crippen LogP contribution in [0.5, 0.6) is 11.5 Å². The van der Waals surface area contributed by atoms with Crippen LogP contribution in [0.3, 0.4) is 0 Å². The lowest BCUT2D eigenvalue weighted by molar-refractivity contribution is 0.386. The van der Waals surface area contributed by atoms with Gasteiger partial charge in [-0.3, -0.25) is 0 Å². The quantitative estimate of drug-likeness (QED) is 0.198. The minimum Gasteiger partial charge on any atom is -0.522 e. The zero-order valence-corrected chi connectivity index (χ0v) is 16.4. The molecule has 0 bridgehead atoms. The fourth-order valence-corrected chi connectivity index (χ4v) is 3.17. The fourth-order valence-electron chi connectivity index (χ4n) is 3.17. The molecule has 12 heteroatoms. The molecule has 4 aromatic rings. The van der Waals surface area contributed by atoms with Gasteiger partial charge in [-0.15, -0.1) is 0 Å². The third-order valence-corrected chi connectivity index (χ3v) is 4.75. The molecule has 0 heterocycles. The second-order valence-electron chi connectivity index (χ2n) is 6.84. The SMILES string of the molecule is Fc1ccc(OB(Oc2ccc(F)c(F)c2F)c2c(F)c(F)c(F)c3c(F)cccc23)cc1F. The third-order valence-electron chi connectivity index (χ3n) is 4.75. The molecular formula is C22H8BF9O2. The molecule has 174 valence electrons. The summed E-state index contributed by atoms with van der Waals surface area (Å²) in [7, 11) is -2.34. The number of rotatable bonds is 5. The van der Waals surface area contributed by atoms with Gasteiger partial charge >= 0.3 is 7.12 Å².